The summed E-state index contributed by atoms with van der Waals surface area (Å²) in [7, 11) is 0. The Labute approximate surface area is 98.8 Å². The first kappa shape index (κ1) is 9.90. The molecule has 0 aliphatic carbocycles. The maximum atomic E-state index is 12.3. The number of anilines is 1. The van der Waals surface area contributed by atoms with Gasteiger partial charge in [-0.15, -0.1) is 0 Å². The standard InChI is InChI=1S/C14H11NO2/c15-10-5-6-12-13(7-10)17-8-9-3-1-2-4-11(9)14(12)16/h1-7H,8,15H2. The van der Waals surface area contributed by atoms with Crippen molar-refractivity contribution in [2.75, 3.05) is 5.73 Å². The fourth-order valence-electron chi connectivity index (χ4n) is 2.01. The number of benzene rings is 2. The number of ether oxygens (including phenoxy) is 1. The van der Waals surface area contributed by atoms with Crippen molar-refractivity contribution in [3.05, 3.63) is 59.2 Å². The maximum Gasteiger partial charge on any atom is 0.197 e. The smallest absolute Gasteiger partial charge is 0.197 e. The molecule has 84 valence electrons. The molecule has 0 fully saturated rings. The van der Waals surface area contributed by atoms with Crippen LogP contribution in [0.2, 0.25) is 0 Å². The summed E-state index contributed by atoms with van der Waals surface area (Å²) < 4.78 is 5.63. The van der Waals surface area contributed by atoms with E-state index >= 15 is 0 Å². The van der Waals surface area contributed by atoms with Crippen LogP contribution in [-0.2, 0) is 6.61 Å². The summed E-state index contributed by atoms with van der Waals surface area (Å²) in [6.07, 6.45) is 0. The Morgan fingerprint density at radius 1 is 1.06 bits per heavy atom. The summed E-state index contributed by atoms with van der Waals surface area (Å²) in [6, 6.07) is 12.6. The van der Waals surface area contributed by atoms with Crippen LogP contribution in [0.25, 0.3) is 0 Å². The van der Waals surface area contributed by atoms with Crippen molar-refractivity contribution in [3.8, 4) is 5.75 Å². The van der Waals surface area contributed by atoms with Crippen molar-refractivity contribution in [2.45, 2.75) is 6.61 Å². The molecule has 3 nitrogen and oxygen atoms in total. The van der Waals surface area contributed by atoms with Crippen LogP contribution in [0.3, 0.4) is 0 Å². The van der Waals surface area contributed by atoms with Crippen LogP contribution in [0, 0.1) is 0 Å². The molecule has 2 N–H and O–H groups in total. The van der Waals surface area contributed by atoms with Crippen molar-refractivity contribution < 1.29 is 9.53 Å². The predicted molar refractivity (Wildman–Crippen MR) is 65.1 cm³/mol. The number of rotatable bonds is 0. The molecule has 0 aromatic heterocycles. The molecule has 0 saturated carbocycles. The molecular formula is C14H11NO2. The van der Waals surface area contributed by atoms with Crippen LogP contribution < -0.4 is 10.5 Å². The second-order valence-corrected chi connectivity index (χ2v) is 4.03. The van der Waals surface area contributed by atoms with Gasteiger partial charge in [0.15, 0.2) is 5.78 Å². The highest BCUT2D eigenvalue weighted by atomic mass is 16.5. The van der Waals surface area contributed by atoms with Gasteiger partial charge in [-0.2, -0.15) is 0 Å². The van der Waals surface area contributed by atoms with Crippen molar-refractivity contribution >= 4 is 11.5 Å². The molecule has 0 saturated heterocycles. The lowest BCUT2D eigenvalue weighted by molar-refractivity contribution is 0.103. The second-order valence-electron chi connectivity index (χ2n) is 4.03. The van der Waals surface area contributed by atoms with Crippen molar-refractivity contribution in [1.29, 1.82) is 0 Å². The fourth-order valence-corrected chi connectivity index (χ4v) is 2.01. The van der Waals surface area contributed by atoms with E-state index in [0.29, 0.717) is 29.2 Å². The first-order chi connectivity index (χ1) is 8.25. The minimum absolute atomic E-state index is 0.00639. The zero-order chi connectivity index (χ0) is 11.8. The van der Waals surface area contributed by atoms with Crippen LogP contribution in [0.5, 0.6) is 5.75 Å². The molecule has 1 aliphatic rings. The number of nitrogens with two attached hydrogens (primary N) is 1. The minimum atomic E-state index is -0.00639. The number of carbonyl (C=O) groups excluding carboxylic acids is 1. The number of hydrogen-bond acceptors (Lipinski definition) is 3. The molecule has 3 rings (SSSR count). The summed E-state index contributed by atoms with van der Waals surface area (Å²) in [6.45, 7) is 0.401. The Hall–Kier alpha value is -2.29. The molecule has 0 atom stereocenters. The van der Waals surface area contributed by atoms with E-state index in [2.05, 4.69) is 0 Å². The molecule has 0 bridgehead atoms. The summed E-state index contributed by atoms with van der Waals surface area (Å²) in [5, 5.41) is 0. The zero-order valence-corrected chi connectivity index (χ0v) is 9.14. The Kier molecular flexibility index (Phi) is 2.11. The normalized spacial score (nSPS) is 13.3. The highest BCUT2D eigenvalue weighted by Crippen LogP contribution is 2.29. The van der Waals surface area contributed by atoms with Gasteiger partial charge in [0.05, 0.1) is 5.56 Å². The summed E-state index contributed by atoms with van der Waals surface area (Å²) in [5.41, 5.74) is 8.48. The Balaban J connectivity index is 2.20. The molecular weight excluding hydrogens is 214 g/mol. The number of fused-ring (bicyclic) bond motifs is 2. The van der Waals surface area contributed by atoms with E-state index < -0.39 is 0 Å². The van der Waals surface area contributed by atoms with Gasteiger partial charge in [0.25, 0.3) is 0 Å². The third-order valence-electron chi connectivity index (χ3n) is 2.90. The third-order valence-corrected chi connectivity index (χ3v) is 2.90. The summed E-state index contributed by atoms with van der Waals surface area (Å²) >= 11 is 0. The van der Waals surface area contributed by atoms with Crippen molar-refractivity contribution in [1.82, 2.24) is 0 Å². The zero-order valence-electron chi connectivity index (χ0n) is 9.14. The monoisotopic (exact) mass is 225 g/mol. The average molecular weight is 225 g/mol. The molecule has 0 radical (unpaired) electrons. The number of nitrogen functional groups attached to an aromatic ring is 1. The molecule has 3 heteroatoms. The Morgan fingerprint density at radius 3 is 2.76 bits per heavy atom. The largest absolute Gasteiger partial charge is 0.488 e. The van der Waals surface area contributed by atoms with Gasteiger partial charge in [0.1, 0.15) is 12.4 Å². The van der Waals surface area contributed by atoms with Crippen LogP contribution in [0.1, 0.15) is 21.5 Å². The van der Waals surface area contributed by atoms with Crippen molar-refractivity contribution in [3.63, 3.8) is 0 Å². The van der Waals surface area contributed by atoms with Crippen molar-refractivity contribution in [2.24, 2.45) is 0 Å². The van der Waals surface area contributed by atoms with E-state index in [4.69, 9.17) is 10.5 Å². The molecule has 0 spiro atoms. The van der Waals surface area contributed by atoms with E-state index in [-0.39, 0.29) is 5.78 Å². The SMILES string of the molecule is Nc1ccc2c(c1)OCc1ccccc1C2=O. The molecule has 1 aliphatic heterocycles. The first-order valence-corrected chi connectivity index (χ1v) is 5.40. The molecule has 2 aromatic rings. The fraction of sp³-hybridized carbons (Fsp3) is 0.0714. The minimum Gasteiger partial charge on any atom is -0.488 e. The third kappa shape index (κ3) is 1.56. The molecule has 0 unspecified atom stereocenters. The lowest BCUT2D eigenvalue weighted by Crippen LogP contribution is -2.02. The molecule has 1 heterocycles. The van der Waals surface area contributed by atoms with Gasteiger partial charge in [0.2, 0.25) is 0 Å². The number of hydrogen-bond donors (Lipinski definition) is 1. The highest BCUT2D eigenvalue weighted by Gasteiger charge is 2.21. The van der Waals surface area contributed by atoms with Crippen LogP contribution in [0.4, 0.5) is 5.69 Å². The van der Waals surface area contributed by atoms with Gasteiger partial charge in [-0.1, -0.05) is 24.3 Å². The Bertz CT molecular complexity index is 605. The van der Waals surface area contributed by atoms with E-state index in [1.165, 1.54) is 0 Å². The van der Waals surface area contributed by atoms with E-state index in [0.717, 1.165) is 5.56 Å². The number of ketones is 1. The van der Waals surface area contributed by atoms with Crippen LogP contribution >= 0.6 is 0 Å². The molecule has 2 aromatic carbocycles. The number of carbonyl (C=O) groups is 1. The second kappa shape index (κ2) is 3.63. The topological polar surface area (TPSA) is 52.3 Å². The van der Waals surface area contributed by atoms with Gasteiger partial charge < -0.3 is 10.5 Å². The van der Waals surface area contributed by atoms with Gasteiger partial charge in [0, 0.05) is 22.9 Å². The Morgan fingerprint density at radius 2 is 1.88 bits per heavy atom. The quantitative estimate of drug-likeness (QED) is 0.700. The van der Waals surface area contributed by atoms with Gasteiger partial charge in [-0.25, -0.2) is 0 Å². The van der Waals surface area contributed by atoms with E-state index in [1.807, 2.05) is 24.3 Å². The van der Waals surface area contributed by atoms with E-state index in [9.17, 15) is 4.79 Å². The maximum absolute atomic E-state index is 12.3. The van der Waals surface area contributed by atoms with Gasteiger partial charge >= 0.3 is 0 Å². The molecule has 17 heavy (non-hydrogen) atoms. The van der Waals surface area contributed by atoms with Gasteiger partial charge in [-0.3, -0.25) is 4.79 Å². The van der Waals surface area contributed by atoms with Gasteiger partial charge in [-0.05, 0) is 12.1 Å². The first-order valence-electron chi connectivity index (χ1n) is 5.40. The lowest BCUT2D eigenvalue weighted by Gasteiger charge is -2.06. The summed E-state index contributed by atoms with van der Waals surface area (Å²) in [5.74, 6) is 0.555. The van der Waals surface area contributed by atoms with Crippen LogP contribution in [0.15, 0.2) is 42.5 Å². The predicted octanol–water partition coefficient (Wildman–Crippen LogP) is 2.39. The average Bonchev–Trinajstić information content (AvgIpc) is 2.48. The highest BCUT2D eigenvalue weighted by molar-refractivity contribution is 6.12. The van der Waals surface area contributed by atoms with Crippen LogP contribution in [-0.4, -0.2) is 5.78 Å². The molecule has 0 amide bonds. The van der Waals surface area contributed by atoms with E-state index in [1.54, 1.807) is 18.2 Å². The lowest BCUT2D eigenvalue weighted by atomic mass is 9.99. The summed E-state index contributed by atoms with van der Waals surface area (Å²) in [4.78, 5) is 12.3.